The van der Waals surface area contributed by atoms with Crippen molar-refractivity contribution in [2.24, 2.45) is 0 Å². The molecule has 102 valence electrons. The van der Waals surface area contributed by atoms with Crippen LogP contribution < -0.4 is 5.32 Å². The normalized spacial score (nSPS) is 12.5. The van der Waals surface area contributed by atoms with Gasteiger partial charge in [-0.1, -0.05) is 56.5 Å². The fourth-order valence-electron chi connectivity index (χ4n) is 2.31. The fourth-order valence-corrected chi connectivity index (χ4v) is 2.31. The largest absolute Gasteiger partial charge is 0.468 e. The molecule has 1 N–H and O–H groups in total. The molecular weight excluding hydrogens is 234 g/mol. The zero-order valence-corrected chi connectivity index (χ0v) is 11.6. The summed E-state index contributed by atoms with van der Waals surface area (Å²) in [5.74, 6) is 0.997. The van der Waals surface area contributed by atoms with Crippen LogP contribution in [0.1, 0.15) is 50.0 Å². The van der Waals surface area contributed by atoms with Gasteiger partial charge in [0, 0.05) is 6.04 Å². The molecule has 0 saturated heterocycles. The van der Waals surface area contributed by atoms with Gasteiger partial charge in [-0.3, -0.25) is 0 Å². The summed E-state index contributed by atoms with van der Waals surface area (Å²) in [6.45, 7) is 3.03. The minimum absolute atomic E-state index is 0.415. The van der Waals surface area contributed by atoms with E-state index in [2.05, 4.69) is 42.6 Å². The lowest BCUT2D eigenvalue weighted by atomic mass is 10.0. The van der Waals surface area contributed by atoms with Crippen LogP contribution in [0, 0.1) is 0 Å². The van der Waals surface area contributed by atoms with Gasteiger partial charge >= 0.3 is 0 Å². The van der Waals surface area contributed by atoms with E-state index < -0.39 is 0 Å². The lowest BCUT2D eigenvalue weighted by Crippen LogP contribution is -2.20. The van der Waals surface area contributed by atoms with Crippen LogP contribution in [0.15, 0.2) is 53.1 Å². The highest BCUT2D eigenvalue weighted by molar-refractivity contribution is 5.19. The molecule has 1 aromatic heterocycles. The summed E-state index contributed by atoms with van der Waals surface area (Å²) in [4.78, 5) is 0. The van der Waals surface area contributed by atoms with Gasteiger partial charge in [0.1, 0.15) is 5.76 Å². The molecule has 2 rings (SSSR count). The molecule has 0 aliphatic carbocycles. The fraction of sp³-hybridized carbons (Fsp3) is 0.412. The molecule has 0 fully saturated rings. The Labute approximate surface area is 115 Å². The Kier molecular flexibility index (Phi) is 5.70. The maximum atomic E-state index is 5.38. The van der Waals surface area contributed by atoms with Gasteiger partial charge in [-0.15, -0.1) is 0 Å². The van der Waals surface area contributed by atoms with E-state index in [0.29, 0.717) is 6.04 Å². The highest BCUT2D eigenvalue weighted by Crippen LogP contribution is 2.20. The first kappa shape index (κ1) is 13.9. The SMILES string of the molecule is CCCCCC(NCc1ccco1)c1ccccc1. The molecule has 2 heteroatoms. The molecule has 19 heavy (non-hydrogen) atoms. The molecule has 2 aromatic rings. The first-order valence-electron chi connectivity index (χ1n) is 7.21. The Morgan fingerprint density at radius 2 is 1.89 bits per heavy atom. The Hall–Kier alpha value is -1.54. The Morgan fingerprint density at radius 1 is 1.05 bits per heavy atom. The van der Waals surface area contributed by atoms with Gasteiger partial charge in [-0.25, -0.2) is 0 Å². The van der Waals surface area contributed by atoms with Crippen LogP contribution in [0.4, 0.5) is 0 Å². The third-order valence-corrected chi connectivity index (χ3v) is 3.40. The minimum atomic E-state index is 0.415. The van der Waals surface area contributed by atoms with Crippen LogP contribution in [-0.2, 0) is 6.54 Å². The summed E-state index contributed by atoms with van der Waals surface area (Å²) < 4.78 is 5.38. The van der Waals surface area contributed by atoms with Crippen LogP contribution >= 0.6 is 0 Å². The van der Waals surface area contributed by atoms with Crippen molar-refractivity contribution < 1.29 is 4.42 Å². The standard InChI is InChI=1S/C17H23NO/c1-2-3-5-12-17(15-9-6-4-7-10-15)18-14-16-11-8-13-19-16/h4,6-11,13,17-18H,2-3,5,12,14H2,1H3. The molecule has 0 spiro atoms. The number of unbranched alkanes of at least 4 members (excludes halogenated alkanes) is 2. The predicted octanol–water partition coefficient (Wildman–Crippen LogP) is 4.69. The van der Waals surface area contributed by atoms with Crippen molar-refractivity contribution in [1.29, 1.82) is 0 Å². The summed E-state index contributed by atoms with van der Waals surface area (Å²) in [5, 5.41) is 3.60. The first-order chi connectivity index (χ1) is 9.40. The molecule has 1 aromatic carbocycles. The van der Waals surface area contributed by atoms with Crippen molar-refractivity contribution in [3.63, 3.8) is 0 Å². The Bertz CT molecular complexity index is 436. The first-order valence-corrected chi connectivity index (χ1v) is 7.21. The van der Waals surface area contributed by atoms with Crippen molar-refractivity contribution in [2.45, 2.75) is 45.2 Å². The minimum Gasteiger partial charge on any atom is -0.468 e. The van der Waals surface area contributed by atoms with E-state index in [9.17, 15) is 0 Å². The summed E-state index contributed by atoms with van der Waals surface area (Å²) in [7, 11) is 0. The summed E-state index contributed by atoms with van der Waals surface area (Å²) in [5.41, 5.74) is 1.37. The number of hydrogen-bond donors (Lipinski definition) is 1. The van der Waals surface area contributed by atoms with Gasteiger partial charge in [-0.2, -0.15) is 0 Å². The zero-order valence-electron chi connectivity index (χ0n) is 11.6. The summed E-state index contributed by atoms with van der Waals surface area (Å²) in [6, 6.07) is 15.1. The lowest BCUT2D eigenvalue weighted by molar-refractivity contribution is 0.426. The third-order valence-electron chi connectivity index (χ3n) is 3.40. The average molecular weight is 257 g/mol. The molecular formula is C17H23NO. The highest BCUT2D eigenvalue weighted by atomic mass is 16.3. The molecule has 1 heterocycles. The van der Waals surface area contributed by atoms with Crippen molar-refractivity contribution in [3.8, 4) is 0 Å². The second kappa shape index (κ2) is 7.80. The number of nitrogens with one attached hydrogen (secondary N) is 1. The molecule has 0 bridgehead atoms. The number of benzene rings is 1. The zero-order chi connectivity index (χ0) is 13.3. The number of hydrogen-bond acceptors (Lipinski definition) is 2. The quantitative estimate of drug-likeness (QED) is 0.694. The molecule has 0 saturated carbocycles. The van der Waals surface area contributed by atoms with E-state index in [4.69, 9.17) is 4.42 Å². The van der Waals surface area contributed by atoms with Crippen molar-refractivity contribution >= 4 is 0 Å². The highest BCUT2D eigenvalue weighted by Gasteiger charge is 2.10. The second-order valence-electron chi connectivity index (χ2n) is 4.92. The van der Waals surface area contributed by atoms with Crippen LogP contribution in [0.2, 0.25) is 0 Å². The lowest BCUT2D eigenvalue weighted by Gasteiger charge is -2.18. The van der Waals surface area contributed by atoms with E-state index in [1.54, 1.807) is 6.26 Å². The van der Waals surface area contributed by atoms with Gasteiger partial charge in [0.2, 0.25) is 0 Å². The Morgan fingerprint density at radius 3 is 2.58 bits per heavy atom. The van der Waals surface area contributed by atoms with Gasteiger partial charge in [0.15, 0.2) is 0 Å². The van der Waals surface area contributed by atoms with Gasteiger partial charge in [-0.05, 0) is 24.1 Å². The smallest absolute Gasteiger partial charge is 0.117 e. The second-order valence-corrected chi connectivity index (χ2v) is 4.92. The predicted molar refractivity (Wildman–Crippen MR) is 78.9 cm³/mol. The van der Waals surface area contributed by atoms with E-state index in [1.165, 1.54) is 31.2 Å². The summed E-state index contributed by atoms with van der Waals surface area (Å²) in [6.07, 6.45) is 6.73. The van der Waals surface area contributed by atoms with Crippen LogP contribution in [0.5, 0.6) is 0 Å². The van der Waals surface area contributed by atoms with Crippen molar-refractivity contribution in [2.75, 3.05) is 0 Å². The molecule has 1 atom stereocenters. The van der Waals surface area contributed by atoms with Crippen molar-refractivity contribution in [1.82, 2.24) is 5.32 Å². The molecule has 1 unspecified atom stereocenters. The molecule has 0 amide bonds. The van der Waals surface area contributed by atoms with Gasteiger partial charge in [0.25, 0.3) is 0 Å². The van der Waals surface area contributed by atoms with Crippen LogP contribution in [0.3, 0.4) is 0 Å². The topological polar surface area (TPSA) is 25.2 Å². The number of rotatable bonds is 8. The van der Waals surface area contributed by atoms with E-state index in [0.717, 1.165) is 12.3 Å². The molecule has 2 nitrogen and oxygen atoms in total. The third kappa shape index (κ3) is 4.56. The maximum absolute atomic E-state index is 5.38. The van der Waals surface area contributed by atoms with Gasteiger partial charge < -0.3 is 9.73 Å². The molecule has 0 radical (unpaired) electrons. The van der Waals surface area contributed by atoms with E-state index in [1.807, 2.05) is 12.1 Å². The number of furan rings is 1. The average Bonchev–Trinajstić information content (AvgIpc) is 2.97. The maximum Gasteiger partial charge on any atom is 0.117 e. The Balaban J connectivity index is 1.93. The molecule has 0 aliphatic rings. The van der Waals surface area contributed by atoms with Crippen LogP contribution in [-0.4, -0.2) is 0 Å². The van der Waals surface area contributed by atoms with Crippen molar-refractivity contribution in [3.05, 3.63) is 60.1 Å². The van der Waals surface area contributed by atoms with Gasteiger partial charge in [0.05, 0.1) is 12.8 Å². The van der Waals surface area contributed by atoms with E-state index in [-0.39, 0.29) is 0 Å². The van der Waals surface area contributed by atoms with E-state index >= 15 is 0 Å². The summed E-state index contributed by atoms with van der Waals surface area (Å²) >= 11 is 0. The van der Waals surface area contributed by atoms with Crippen LogP contribution in [0.25, 0.3) is 0 Å². The monoisotopic (exact) mass is 257 g/mol. The molecule has 0 aliphatic heterocycles.